The maximum atomic E-state index is 12.1. The number of nitrogens with one attached hydrogen (secondary N) is 1. The van der Waals surface area contributed by atoms with Crippen LogP contribution in [-0.2, 0) is 17.6 Å². The zero-order chi connectivity index (χ0) is 19.2. The van der Waals surface area contributed by atoms with E-state index in [1.54, 1.807) is 4.68 Å². The van der Waals surface area contributed by atoms with Crippen LogP contribution in [-0.4, -0.2) is 21.6 Å². The molecule has 3 rings (SSSR count). The van der Waals surface area contributed by atoms with E-state index >= 15 is 0 Å². The van der Waals surface area contributed by atoms with E-state index in [-0.39, 0.29) is 5.91 Å². The number of amides is 2. The van der Waals surface area contributed by atoms with Gasteiger partial charge in [0.25, 0.3) is 5.91 Å². The summed E-state index contributed by atoms with van der Waals surface area (Å²) in [4.78, 5) is 23.6. The van der Waals surface area contributed by atoms with Crippen LogP contribution in [0.4, 0.5) is 5.69 Å². The summed E-state index contributed by atoms with van der Waals surface area (Å²) in [7, 11) is 0. The molecule has 0 bridgehead atoms. The van der Waals surface area contributed by atoms with Crippen LogP contribution in [0.2, 0.25) is 0 Å². The van der Waals surface area contributed by atoms with Gasteiger partial charge in [-0.05, 0) is 42.7 Å². The molecule has 27 heavy (non-hydrogen) atoms. The highest BCUT2D eigenvalue weighted by Crippen LogP contribution is 2.18. The Balaban J connectivity index is 1.65. The second-order valence-electron chi connectivity index (χ2n) is 6.22. The van der Waals surface area contributed by atoms with Crippen LogP contribution in [0.25, 0.3) is 5.69 Å². The number of primary amides is 1. The normalized spacial score (nSPS) is 10.6. The fourth-order valence-corrected chi connectivity index (χ4v) is 2.95. The van der Waals surface area contributed by atoms with Gasteiger partial charge >= 0.3 is 0 Å². The van der Waals surface area contributed by atoms with Gasteiger partial charge in [0.15, 0.2) is 0 Å². The molecule has 0 aliphatic rings. The number of carbonyl (C=O) groups is 2. The van der Waals surface area contributed by atoms with Gasteiger partial charge in [-0.2, -0.15) is 5.10 Å². The van der Waals surface area contributed by atoms with Crippen molar-refractivity contribution in [3.05, 3.63) is 77.6 Å². The van der Waals surface area contributed by atoms with Gasteiger partial charge in [0.1, 0.15) is 0 Å². The second kappa shape index (κ2) is 8.31. The molecule has 2 amide bonds. The number of aromatic nitrogens is 2. The number of nitrogens with zero attached hydrogens (tertiary/aromatic N) is 2. The lowest BCUT2D eigenvalue weighted by Crippen LogP contribution is -2.14. The molecule has 0 fully saturated rings. The van der Waals surface area contributed by atoms with Crippen LogP contribution in [0.5, 0.6) is 0 Å². The van der Waals surface area contributed by atoms with E-state index in [2.05, 4.69) is 10.4 Å². The largest absolute Gasteiger partial charge is 0.365 e. The van der Waals surface area contributed by atoms with Crippen molar-refractivity contribution >= 4 is 17.5 Å². The van der Waals surface area contributed by atoms with E-state index in [9.17, 15) is 9.59 Å². The molecule has 6 nitrogen and oxygen atoms in total. The molecule has 0 radical (unpaired) electrons. The molecule has 1 aromatic heterocycles. The minimum Gasteiger partial charge on any atom is -0.365 e. The first kappa shape index (κ1) is 18.4. The zero-order valence-corrected chi connectivity index (χ0v) is 15.2. The molecule has 0 atom stereocenters. The molecule has 3 aromatic rings. The molecular weight excluding hydrogens is 340 g/mol. The van der Waals surface area contributed by atoms with Crippen LogP contribution in [0.1, 0.15) is 35.0 Å². The average molecular weight is 362 g/mol. The Morgan fingerprint density at radius 2 is 1.78 bits per heavy atom. The topological polar surface area (TPSA) is 90.0 Å². The zero-order valence-electron chi connectivity index (χ0n) is 15.2. The molecule has 0 saturated heterocycles. The fourth-order valence-electron chi connectivity index (χ4n) is 2.95. The smallest absolute Gasteiger partial charge is 0.252 e. The molecule has 0 spiro atoms. The minimum atomic E-state index is -0.486. The Morgan fingerprint density at radius 1 is 1.07 bits per heavy atom. The number of rotatable bonds is 7. The number of carbonyl (C=O) groups excluding carboxylic acids is 2. The molecule has 138 valence electrons. The van der Waals surface area contributed by atoms with Crippen LogP contribution >= 0.6 is 0 Å². The van der Waals surface area contributed by atoms with Crippen molar-refractivity contribution in [1.29, 1.82) is 0 Å². The highest BCUT2D eigenvalue weighted by molar-refractivity contribution is 5.94. The molecule has 0 saturated carbocycles. The van der Waals surface area contributed by atoms with Gasteiger partial charge in [-0.3, -0.25) is 9.59 Å². The molecule has 0 aliphatic heterocycles. The number of nitrogens with two attached hydrogens (primary N) is 1. The van der Waals surface area contributed by atoms with Gasteiger partial charge in [-0.15, -0.1) is 0 Å². The third-order valence-corrected chi connectivity index (χ3v) is 4.35. The standard InChI is InChI=1S/C21H22N4O2/c1-2-19-18(21(22)27)14-23-25(19)17-11-9-16(10-12-17)24-20(26)13-8-15-6-4-3-5-7-15/h3-7,9-12,14H,2,8,13H2,1H3,(H2,22,27)(H,24,26). The van der Waals surface area contributed by atoms with Crippen LogP contribution in [0, 0.1) is 0 Å². The molecule has 0 unspecified atom stereocenters. The van der Waals surface area contributed by atoms with Crippen LogP contribution < -0.4 is 11.1 Å². The van der Waals surface area contributed by atoms with Gasteiger partial charge in [0.05, 0.1) is 23.1 Å². The van der Waals surface area contributed by atoms with Crippen LogP contribution in [0.15, 0.2) is 60.8 Å². The third kappa shape index (κ3) is 4.41. The van der Waals surface area contributed by atoms with Crippen molar-refractivity contribution in [2.75, 3.05) is 5.32 Å². The number of anilines is 1. The summed E-state index contributed by atoms with van der Waals surface area (Å²) in [5.74, 6) is -0.517. The van der Waals surface area contributed by atoms with Crippen molar-refractivity contribution < 1.29 is 9.59 Å². The number of benzene rings is 2. The quantitative estimate of drug-likeness (QED) is 0.677. The Bertz CT molecular complexity index is 931. The first-order valence-electron chi connectivity index (χ1n) is 8.89. The fraction of sp³-hybridized carbons (Fsp3) is 0.190. The van der Waals surface area contributed by atoms with Gasteiger partial charge < -0.3 is 11.1 Å². The average Bonchev–Trinajstić information content (AvgIpc) is 3.12. The van der Waals surface area contributed by atoms with Crippen molar-refractivity contribution in [3.8, 4) is 5.69 Å². The lowest BCUT2D eigenvalue weighted by Gasteiger charge is -2.09. The summed E-state index contributed by atoms with van der Waals surface area (Å²) in [6.07, 6.45) is 3.25. The Hall–Kier alpha value is -3.41. The molecule has 3 N–H and O–H groups in total. The summed E-state index contributed by atoms with van der Waals surface area (Å²) in [5.41, 5.74) is 9.25. The Morgan fingerprint density at radius 3 is 2.41 bits per heavy atom. The van der Waals surface area contributed by atoms with Crippen molar-refractivity contribution in [3.63, 3.8) is 0 Å². The summed E-state index contributed by atoms with van der Waals surface area (Å²) in [5, 5.41) is 7.16. The van der Waals surface area contributed by atoms with E-state index in [0.29, 0.717) is 24.8 Å². The van der Waals surface area contributed by atoms with Gasteiger partial charge in [0.2, 0.25) is 5.91 Å². The first-order valence-corrected chi connectivity index (χ1v) is 8.89. The maximum Gasteiger partial charge on any atom is 0.252 e. The van der Waals surface area contributed by atoms with Gasteiger partial charge in [-0.1, -0.05) is 37.3 Å². The molecule has 6 heteroatoms. The summed E-state index contributed by atoms with van der Waals surface area (Å²) in [6.45, 7) is 1.95. The highest BCUT2D eigenvalue weighted by atomic mass is 16.1. The second-order valence-corrected chi connectivity index (χ2v) is 6.22. The highest BCUT2D eigenvalue weighted by Gasteiger charge is 2.14. The number of aryl methyl sites for hydroxylation is 1. The molecular formula is C21H22N4O2. The third-order valence-electron chi connectivity index (χ3n) is 4.35. The predicted octanol–water partition coefficient (Wildman–Crippen LogP) is 3.10. The first-order chi connectivity index (χ1) is 13.1. The monoisotopic (exact) mass is 362 g/mol. The summed E-state index contributed by atoms with van der Waals surface area (Å²) in [6, 6.07) is 17.3. The van der Waals surface area contributed by atoms with E-state index in [4.69, 9.17) is 5.73 Å². The Labute approximate surface area is 158 Å². The predicted molar refractivity (Wildman–Crippen MR) is 105 cm³/mol. The van der Waals surface area contributed by atoms with Crippen molar-refractivity contribution in [2.45, 2.75) is 26.2 Å². The van der Waals surface area contributed by atoms with E-state index in [1.165, 1.54) is 6.20 Å². The molecule has 2 aromatic carbocycles. The summed E-state index contributed by atoms with van der Waals surface area (Å²) >= 11 is 0. The molecule has 1 heterocycles. The number of hydrogen-bond donors (Lipinski definition) is 2. The van der Waals surface area contributed by atoms with E-state index in [1.807, 2.05) is 61.5 Å². The van der Waals surface area contributed by atoms with Crippen molar-refractivity contribution in [2.24, 2.45) is 5.73 Å². The SMILES string of the molecule is CCc1c(C(N)=O)cnn1-c1ccc(NC(=O)CCc2ccccc2)cc1. The van der Waals surface area contributed by atoms with Gasteiger partial charge in [-0.25, -0.2) is 4.68 Å². The van der Waals surface area contributed by atoms with Crippen molar-refractivity contribution in [1.82, 2.24) is 9.78 Å². The number of hydrogen-bond acceptors (Lipinski definition) is 3. The lowest BCUT2D eigenvalue weighted by atomic mass is 10.1. The molecule has 0 aliphatic carbocycles. The van der Waals surface area contributed by atoms with E-state index in [0.717, 1.165) is 22.6 Å². The summed E-state index contributed by atoms with van der Waals surface area (Å²) < 4.78 is 1.70. The van der Waals surface area contributed by atoms with E-state index < -0.39 is 5.91 Å². The minimum absolute atomic E-state index is 0.0315. The van der Waals surface area contributed by atoms with Gasteiger partial charge in [0, 0.05) is 12.1 Å². The lowest BCUT2D eigenvalue weighted by molar-refractivity contribution is -0.116. The van der Waals surface area contributed by atoms with Crippen LogP contribution in [0.3, 0.4) is 0 Å². The maximum absolute atomic E-state index is 12.1. The Kier molecular flexibility index (Phi) is 5.66.